The molecule has 0 unspecified atom stereocenters. The lowest BCUT2D eigenvalue weighted by molar-refractivity contribution is 0.0998. The topological polar surface area (TPSA) is 109 Å². The van der Waals surface area contributed by atoms with E-state index in [1.54, 1.807) is 0 Å². The van der Waals surface area contributed by atoms with E-state index in [1.165, 1.54) is 28.6 Å². The van der Waals surface area contributed by atoms with Crippen LogP contribution >= 0.6 is 11.6 Å². The summed E-state index contributed by atoms with van der Waals surface area (Å²) in [6, 6.07) is 17.1. The van der Waals surface area contributed by atoms with Crippen LogP contribution in [0.5, 0.6) is 0 Å². The third kappa shape index (κ3) is 3.27. The first-order valence-electron chi connectivity index (χ1n) is 9.11. The van der Waals surface area contributed by atoms with Gasteiger partial charge in [0.05, 0.1) is 39.4 Å². The molecule has 0 fully saturated rings. The van der Waals surface area contributed by atoms with Gasteiger partial charge in [-0.2, -0.15) is 9.57 Å². The van der Waals surface area contributed by atoms with Gasteiger partial charge in [0.25, 0.3) is 5.91 Å². The fraction of sp³-hybridized carbons (Fsp3) is 0.143. The molecular formula is C21H17ClN4O3S. The number of sulfonamides is 1. The van der Waals surface area contributed by atoms with Crippen LogP contribution in [0.4, 0.5) is 0 Å². The molecule has 0 bridgehead atoms. The van der Waals surface area contributed by atoms with Gasteiger partial charge < -0.3 is 10.3 Å². The smallest absolute Gasteiger partial charge is 0.252 e. The molecular weight excluding hydrogens is 424 g/mol. The van der Waals surface area contributed by atoms with Crippen molar-refractivity contribution in [3.05, 3.63) is 76.4 Å². The first-order chi connectivity index (χ1) is 14.3. The zero-order valence-electron chi connectivity index (χ0n) is 15.7. The van der Waals surface area contributed by atoms with E-state index in [9.17, 15) is 13.2 Å². The van der Waals surface area contributed by atoms with Gasteiger partial charge in [0.2, 0.25) is 10.0 Å². The molecule has 0 spiro atoms. The van der Waals surface area contributed by atoms with Crippen molar-refractivity contribution in [3.8, 4) is 17.3 Å². The van der Waals surface area contributed by atoms with E-state index < -0.39 is 15.9 Å². The second kappa shape index (κ2) is 7.61. The largest absolute Gasteiger partial charge is 0.365 e. The summed E-state index contributed by atoms with van der Waals surface area (Å²) in [5, 5.41) is 9.30. The lowest BCUT2D eigenvalue weighted by Crippen LogP contribution is -2.39. The molecule has 30 heavy (non-hydrogen) atoms. The van der Waals surface area contributed by atoms with Crippen LogP contribution in [0, 0.1) is 11.3 Å². The summed E-state index contributed by atoms with van der Waals surface area (Å²) in [7, 11) is -3.87. The van der Waals surface area contributed by atoms with Crippen molar-refractivity contribution >= 4 is 27.5 Å². The third-order valence-corrected chi connectivity index (χ3v) is 7.31. The number of nitriles is 1. The van der Waals surface area contributed by atoms with Gasteiger partial charge in [0.1, 0.15) is 0 Å². The number of nitrogens with two attached hydrogens (primary N) is 1. The first-order valence-corrected chi connectivity index (χ1v) is 10.9. The summed E-state index contributed by atoms with van der Waals surface area (Å²) < 4.78 is 29.5. The van der Waals surface area contributed by atoms with Crippen LogP contribution in [-0.2, 0) is 23.1 Å². The molecule has 3 aromatic rings. The van der Waals surface area contributed by atoms with Gasteiger partial charge in [-0.05, 0) is 23.8 Å². The number of fused-ring (bicyclic) bond motifs is 1. The van der Waals surface area contributed by atoms with Crippen molar-refractivity contribution in [2.45, 2.75) is 18.0 Å². The fourth-order valence-corrected chi connectivity index (χ4v) is 5.56. The summed E-state index contributed by atoms with van der Waals surface area (Å²) in [5.74, 6) is -0.711. The van der Waals surface area contributed by atoms with Gasteiger partial charge in [-0.1, -0.05) is 48.0 Å². The number of carbonyl (C=O) groups is 1. The molecule has 4 rings (SSSR count). The molecule has 0 radical (unpaired) electrons. The van der Waals surface area contributed by atoms with Gasteiger partial charge in [0, 0.05) is 18.8 Å². The molecule has 1 amide bonds. The summed E-state index contributed by atoms with van der Waals surface area (Å²) in [4.78, 5) is 12.2. The normalized spacial score (nSPS) is 14.1. The highest BCUT2D eigenvalue weighted by atomic mass is 35.5. The van der Waals surface area contributed by atoms with Crippen LogP contribution in [0.25, 0.3) is 11.3 Å². The molecule has 2 aromatic carbocycles. The maximum Gasteiger partial charge on any atom is 0.252 e. The summed E-state index contributed by atoms with van der Waals surface area (Å²) >= 11 is 6.54. The Bertz CT molecular complexity index is 1290. The number of aromatic nitrogens is 1. The Hall–Kier alpha value is -3.12. The van der Waals surface area contributed by atoms with Gasteiger partial charge in [-0.15, -0.1) is 0 Å². The third-order valence-electron chi connectivity index (χ3n) is 5.11. The number of carbonyl (C=O) groups excluding carboxylic acids is 1. The number of hydrogen-bond donors (Lipinski definition) is 1. The van der Waals surface area contributed by atoms with Crippen molar-refractivity contribution in [1.82, 2.24) is 8.87 Å². The first kappa shape index (κ1) is 20.2. The predicted molar refractivity (Wildman–Crippen MR) is 112 cm³/mol. The molecule has 1 aromatic heterocycles. The molecule has 1 aliphatic rings. The number of halogens is 1. The fourth-order valence-electron chi connectivity index (χ4n) is 3.71. The highest BCUT2D eigenvalue weighted by Gasteiger charge is 2.34. The van der Waals surface area contributed by atoms with Gasteiger partial charge in [-0.3, -0.25) is 4.79 Å². The highest BCUT2D eigenvalue weighted by molar-refractivity contribution is 7.89. The van der Waals surface area contributed by atoms with Crippen LogP contribution in [0.15, 0.2) is 59.5 Å². The van der Waals surface area contributed by atoms with Crippen LogP contribution in [0.3, 0.4) is 0 Å². The van der Waals surface area contributed by atoms with Crippen LogP contribution in [0.1, 0.15) is 21.6 Å². The number of rotatable bonds is 4. The molecule has 7 nitrogen and oxygen atoms in total. The van der Waals surface area contributed by atoms with Crippen molar-refractivity contribution < 1.29 is 13.2 Å². The number of hydrogen-bond acceptors (Lipinski definition) is 4. The molecule has 1 aliphatic heterocycles. The zero-order chi connectivity index (χ0) is 21.5. The number of benzene rings is 2. The Balaban J connectivity index is 1.81. The molecule has 0 saturated heterocycles. The standard InChI is InChI=1S/C21H17ClN4O3S/c22-19-18(21(24)27)17-13-25(30(28,29)16-8-4-5-14(11-16)12-23)9-10-26(17)20(19)15-6-2-1-3-7-15/h1-8,11H,9-10,13H2,(H2,24,27). The minimum Gasteiger partial charge on any atom is -0.365 e. The van der Waals surface area contributed by atoms with Crippen LogP contribution < -0.4 is 5.73 Å². The van der Waals surface area contributed by atoms with Crippen molar-refractivity contribution in [3.63, 3.8) is 0 Å². The average Bonchev–Trinajstić information content (AvgIpc) is 3.05. The van der Waals surface area contributed by atoms with Crippen LogP contribution in [0.2, 0.25) is 5.02 Å². The van der Waals surface area contributed by atoms with E-state index in [4.69, 9.17) is 22.6 Å². The summed E-state index contributed by atoms with van der Waals surface area (Å²) in [6.07, 6.45) is 0. The Morgan fingerprint density at radius 3 is 2.50 bits per heavy atom. The summed E-state index contributed by atoms with van der Waals surface area (Å²) in [6.45, 7) is 0.447. The molecule has 2 N–H and O–H groups in total. The van der Waals surface area contributed by atoms with Crippen molar-refractivity contribution in [2.75, 3.05) is 6.54 Å². The molecule has 152 valence electrons. The van der Waals surface area contributed by atoms with E-state index in [2.05, 4.69) is 0 Å². The van der Waals surface area contributed by atoms with Crippen molar-refractivity contribution in [2.24, 2.45) is 5.73 Å². The van der Waals surface area contributed by atoms with Gasteiger partial charge >= 0.3 is 0 Å². The predicted octanol–water partition coefficient (Wildman–Crippen LogP) is 2.98. The minimum atomic E-state index is -3.87. The lowest BCUT2D eigenvalue weighted by Gasteiger charge is -2.29. The van der Waals surface area contributed by atoms with E-state index in [-0.39, 0.29) is 34.1 Å². The number of nitrogens with zero attached hydrogens (tertiary/aromatic N) is 3. The zero-order valence-corrected chi connectivity index (χ0v) is 17.3. The van der Waals surface area contributed by atoms with Crippen molar-refractivity contribution in [1.29, 1.82) is 5.26 Å². The second-order valence-corrected chi connectivity index (χ2v) is 9.16. The Morgan fingerprint density at radius 1 is 1.10 bits per heavy atom. The van der Waals surface area contributed by atoms with Crippen LogP contribution in [-0.4, -0.2) is 29.7 Å². The Morgan fingerprint density at radius 2 is 1.83 bits per heavy atom. The second-order valence-electron chi connectivity index (χ2n) is 6.84. The maximum atomic E-state index is 13.2. The monoisotopic (exact) mass is 440 g/mol. The van der Waals surface area contributed by atoms with E-state index in [0.717, 1.165) is 5.56 Å². The molecule has 0 saturated carbocycles. The average molecular weight is 441 g/mol. The van der Waals surface area contributed by atoms with E-state index in [1.807, 2.05) is 41.0 Å². The molecule has 2 heterocycles. The summed E-state index contributed by atoms with van der Waals surface area (Å²) in [5.41, 5.74) is 7.89. The lowest BCUT2D eigenvalue weighted by atomic mass is 10.1. The van der Waals surface area contributed by atoms with E-state index in [0.29, 0.717) is 17.9 Å². The highest BCUT2D eigenvalue weighted by Crippen LogP contribution is 2.38. The Labute approximate surface area is 179 Å². The van der Waals surface area contributed by atoms with E-state index >= 15 is 0 Å². The maximum absolute atomic E-state index is 13.2. The molecule has 0 aliphatic carbocycles. The number of amides is 1. The number of primary amides is 1. The molecule has 9 heteroatoms. The Kier molecular flexibility index (Phi) is 5.12. The molecule has 0 atom stereocenters. The quantitative estimate of drug-likeness (QED) is 0.672. The SMILES string of the molecule is N#Cc1cccc(S(=O)(=O)N2CCn3c(c(C(N)=O)c(Cl)c3-c3ccccc3)C2)c1. The van der Waals surface area contributed by atoms with Gasteiger partial charge in [0.15, 0.2) is 0 Å². The van der Waals surface area contributed by atoms with Gasteiger partial charge in [-0.25, -0.2) is 8.42 Å². The minimum absolute atomic E-state index is 0.0246.